The van der Waals surface area contributed by atoms with Crippen LogP contribution in [0.1, 0.15) is 72.2 Å². The first kappa shape index (κ1) is 24.1. The quantitative estimate of drug-likeness (QED) is 0.210. The van der Waals surface area contributed by atoms with E-state index in [1.165, 1.54) is 25.2 Å². The SMILES string of the molecule is CCCCCCC(C)OC(=O)c1cnc(-c2ccc(OC(=O)c3ccc(C)cc3)cc2)nc1. The number of unbranched alkanes of at least 4 members (excludes halogenated alkanes) is 3. The van der Waals surface area contributed by atoms with Crippen LogP contribution in [-0.4, -0.2) is 28.0 Å². The number of rotatable bonds is 10. The second-order valence-corrected chi connectivity index (χ2v) is 8.14. The predicted molar refractivity (Wildman–Crippen MR) is 127 cm³/mol. The fourth-order valence-electron chi connectivity index (χ4n) is 3.28. The second kappa shape index (κ2) is 11.9. The van der Waals surface area contributed by atoms with Crippen LogP contribution in [0.3, 0.4) is 0 Å². The van der Waals surface area contributed by atoms with Crippen LogP contribution in [0.15, 0.2) is 60.9 Å². The largest absolute Gasteiger partial charge is 0.459 e. The molecule has 6 nitrogen and oxygen atoms in total. The standard InChI is InChI=1S/C27H30N2O4/c1-4-5-6-7-8-20(3)32-27(31)23-17-28-25(29-18-23)21-13-15-24(16-14-21)33-26(30)22-11-9-19(2)10-12-22/h9-18,20H,4-8H2,1-3H3. The van der Waals surface area contributed by atoms with Gasteiger partial charge in [-0.2, -0.15) is 0 Å². The molecule has 0 fully saturated rings. The fourth-order valence-corrected chi connectivity index (χ4v) is 3.28. The highest BCUT2D eigenvalue weighted by Gasteiger charge is 2.14. The molecule has 6 heteroatoms. The number of carbonyl (C=O) groups excluding carboxylic acids is 2. The van der Waals surface area contributed by atoms with Crippen molar-refractivity contribution in [1.82, 2.24) is 9.97 Å². The third kappa shape index (κ3) is 7.24. The van der Waals surface area contributed by atoms with Crippen LogP contribution in [-0.2, 0) is 4.74 Å². The molecule has 0 aliphatic carbocycles. The van der Waals surface area contributed by atoms with Crippen LogP contribution in [0.25, 0.3) is 11.4 Å². The minimum atomic E-state index is -0.415. The third-order valence-corrected chi connectivity index (χ3v) is 5.27. The number of carbonyl (C=O) groups is 2. The number of aryl methyl sites for hydroxylation is 1. The molecule has 0 spiro atoms. The molecule has 0 saturated carbocycles. The Morgan fingerprint density at radius 3 is 2.15 bits per heavy atom. The first-order valence-electron chi connectivity index (χ1n) is 11.4. The van der Waals surface area contributed by atoms with Crippen molar-refractivity contribution >= 4 is 11.9 Å². The average Bonchev–Trinajstić information content (AvgIpc) is 2.83. The van der Waals surface area contributed by atoms with Gasteiger partial charge >= 0.3 is 11.9 Å². The van der Waals surface area contributed by atoms with Gasteiger partial charge in [0, 0.05) is 18.0 Å². The Bertz CT molecular complexity index is 1040. The molecule has 0 N–H and O–H groups in total. The van der Waals surface area contributed by atoms with Gasteiger partial charge in [-0.1, -0.05) is 43.9 Å². The maximum absolute atomic E-state index is 12.3. The summed E-state index contributed by atoms with van der Waals surface area (Å²) in [7, 11) is 0. The maximum Gasteiger partial charge on any atom is 0.343 e. The summed E-state index contributed by atoms with van der Waals surface area (Å²) in [6.07, 6.45) is 8.24. The van der Waals surface area contributed by atoms with Crippen molar-refractivity contribution in [2.24, 2.45) is 0 Å². The van der Waals surface area contributed by atoms with E-state index in [-0.39, 0.29) is 6.10 Å². The van der Waals surface area contributed by atoms with Crippen LogP contribution in [0.4, 0.5) is 0 Å². The molecule has 2 aromatic carbocycles. The normalized spacial score (nSPS) is 11.6. The molecule has 172 valence electrons. The van der Waals surface area contributed by atoms with Crippen LogP contribution < -0.4 is 4.74 Å². The summed E-state index contributed by atoms with van der Waals surface area (Å²) in [6, 6.07) is 14.1. The summed E-state index contributed by atoms with van der Waals surface area (Å²) >= 11 is 0. The highest BCUT2D eigenvalue weighted by molar-refractivity contribution is 5.91. The van der Waals surface area contributed by atoms with Gasteiger partial charge in [0.05, 0.1) is 17.2 Å². The van der Waals surface area contributed by atoms with Gasteiger partial charge < -0.3 is 9.47 Å². The van der Waals surface area contributed by atoms with Gasteiger partial charge in [0.1, 0.15) is 5.75 Å². The zero-order valence-electron chi connectivity index (χ0n) is 19.4. The molecule has 33 heavy (non-hydrogen) atoms. The zero-order chi connectivity index (χ0) is 23.6. The van der Waals surface area contributed by atoms with Crippen molar-refractivity contribution in [1.29, 1.82) is 0 Å². The number of esters is 2. The number of benzene rings is 2. The molecule has 1 aromatic heterocycles. The van der Waals surface area contributed by atoms with Gasteiger partial charge in [0.25, 0.3) is 0 Å². The number of nitrogens with zero attached hydrogens (tertiary/aromatic N) is 2. The lowest BCUT2D eigenvalue weighted by atomic mass is 10.1. The van der Waals surface area contributed by atoms with E-state index in [0.717, 1.165) is 30.4 Å². The molecule has 3 rings (SSSR count). The predicted octanol–water partition coefficient (Wildman–Crippen LogP) is 6.19. The fraction of sp³-hybridized carbons (Fsp3) is 0.333. The van der Waals surface area contributed by atoms with Gasteiger partial charge in [0.2, 0.25) is 0 Å². The minimum Gasteiger partial charge on any atom is -0.459 e. The van der Waals surface area contributed by atoms with Crippen molar-refractivity contribution in [2.45, 2.75) is 59.0 Å². The Balaban J connectivity index is 1.55. The maximum atomic E-state index is 12.3. The highest BCUT2D eigenvalue weighted by atomic mass is 16.5. The zero-order valence-corrected chi connectivity index (χ0v) is 19.4. The van der Waals surface area contributed by atoms with Crippen molar-refractivity contribution in [3.63, 3.8) is 0 Å². The van der Waals surface area contributed by atoms with E-state index >= 15 is 0 Å². The van der Waals surface area contributed by atoms with E-state index < -0.39 is 11.9 Å². The number of hydrogen-bond acceptors (Lipinski definition) is 6. The van der Waals surface area contributed by atoms with Crippen molar-refractivity contribution < 1.29 is 19.1 Å². The molecular weight excluding hydrogens is 416 g/mol. The van der Waals surface area contributed by atoms with Crippen LogP contribution >= 0.6 is 0 Å². The molecule has 1 heterocycles. The van der Waals surface area contributed by atoms with Gasteiger partial charge in [0.15, 0.2) is 5.82 Å². The van der Waals surface area contributed by atoms with Crippen molar-refractivity contribution in [2.75, 3.05) is 0 Å². The summed E-state index contributed by atoms with van der Waals surface area (Å²) in [6.45, 7) is 6.04. The van der Waals surface area contributed by atoms with E-state index in [1.807, 2.05) is 26.0 Å². The molecule has 1 unspecified atom stereocenters. The Labute approximate surface area is 195 Å². The van der Waals surface area contributed by atoms with Crippen LogP contribution in [0.5, 0.6) is 5.75 Å². The van der Waals surface area contributed by atoms with E-state index in [1.54, 1.807) is 36.4 Å². The van der Waals surface area contributed by atoms with E-state index in [4.69, 9.17) is 9.47 Å². The second-order valence-electron chi connectivity index (χ2n) is 8.14. The topological polar surface area (TPSA) is 78.4 Å². The Morgan fingerprint density at radius 1 is 0.848 bits per heavy atom. The van der Waals surface area contributed by atoms with Crippen LogP contribution in [0, 0.1) is 6.92 Å². The summed E-state index contributed by atoms with van der Waals surface area (Å²) in [4.78, 5) is 33.2. The summed E-state index contributed by atoms with van der Waals surface area (Å²) < 4.78 is 10.9. The Hall–Kier alpha value is -3.54. The molecular formula is C27H30N2O4. The van der Waals surface area contributed by atoms with E-state index in [2.05, 4.69) is 16.9 Å². The molecule has 0 aliphatic rings. The number of aromatic nitrogens is 2. The Morgan fingerprint density at radius 2 is 1.52 bits per heavy atom. The molecule has 0 bridgehead atoms. The van der Waals surface area contributed by atoms with Crippen molar-refractivity contribution in [3.8, 4) is 17.1 Å². The average molecular weight is 447 g/mol. The summed E-state index contributed by atoms with van der Waals surface area (Å²) in [5, 5.41) is 0. The molecule has 0 radical (unpaired) electrons. The lowest BCUT2D eigenvalue weighted by Gasteiger charge is -2.13. The summed E-state index contributed by atoms with van der Waals surface area (Å²) in [5.74, 6) is 0.0670. The molecule has 0 amide bonds. The highest BCUT2D eigenvalue weighted by Crippen LogP contribution is 2.20. The van der Waals surface area contributed by atoms with Crippen LogP contribution in [0.2, 0.25) is 0 Å². The first-order valence-corrected chi connectivity index (χ1v) is 11.4. The lowest BCUT2D eigenvalue weighted by molar-refractivity contribution is 0.0318. The first-order chi connectivity index (χ1) is 16.0. The number of hydrogen-bond donors (Lipinski definition) is 0. The van der Waals surface area contributed by atoms with Gasteiger partial charge in [-0.05, 0) is 63.1 Å². The van der Waals surface area contributed by atoms with Gasteiger partial charge in [-0.3, -0.25) is 0 Å². The molecule has 3 aromatic rings. The monoisotopic (exact) mass is 446 g/mol. The lowest BCUT2D eigenvalue weighted by Crippen LogP contribution is -2.15. The van der Waals surface area contributed by atoms with E-state index in [0.29, 0.717) is 22.7 Å². The summed E-state index contributed by atoms with van der Waals surface area (Å²) in [5.41, 5.74) is 2.63. The molecule has 0 aliphatic heterocycles. The smallest absolute Gasteiger partial charge is 0.343 e. The molecule has 1 atom stereocenters. The Kier molecular flexibility index (Phi) is 8.70. The van der Waals surface area contributed by atoms with Gasteiger partial charge in [-0.15, -0.1) is 0 Å². The minimum absolute atomic E-state index is 0.135. The van der Waals surface area contributed by atoms with Crippen molar-refractivity contribution in [3.05, 3.63) is 77.6 Å². The van der Waals surface area contributed by atoms with E-state index in [9.17, 15) is 9.59 Å². The third-order valence-electron chi connectivity index (χ3n) is 5.27. The van der Waals surface area contributed by atoms with Gasteiger partial charge in [-0.25, -0.2) is 19.6 Å². The number of ether oxygens (including phenoxy) is 2. The molecule has 0 saturated heterocycles.